The normalized spacial score (nSPS) is 12.8. The van der Waals surface area contributed by atoms with Crippen LogP contribution in [-0.2, 0) is 16.0 Å². The van der Waals surface area contributed by atoms with Crippen LogP contribution in [0.4, 0.5) is 0 Å². The maximum atomic E-state index is 13.3. The van der Waals surface area contributed by atoms with Gasteiger partial charge in [-0.25, -0.2) is 4.79 Å². The number of hydrogen-bond acceptors (Lipinski definition) is 5. The molecule has 0 aliphatic rings. The number of carbonyl (C=O) groups excluding carboxylic acids is 2. The smallest absolute Gasteiger partial charge is 0.326 e. The quantitative estimate of drug-likeness (QED) is 0.284. The Bertz CT molecular complexity index is 1010. The number of nitrogens with one attached hydrogen (secondary N) is 3. The minimum Gasteiger partial charge on any atom is -0.491 e. The highest BCUT2D eigenvalue weighted by molar-refractivity contribution is 6.31. The zero-order chi connectivity index (χ0) is 26.7. The van der Waals surface area contributed by atoms with Gasteiger partial charge in [0, 0.05) is 24.0 Å². The van der Waals surface area contributed by atoms with Crippen molar-refractivity contribution in [1.29, 1.82) is 0 Å². The average molecular weight is 518 g/mol. The van der Waals surface area contributed by atoms with Gasteiger partial charge in [0.15, 0.2) is 0 Å². The number of halogens is 1. The van der Waals surface area contributed by atoms with Gasteiger partial charge in [-0.1, -0.05) is 69.6 Å². The number of carbonyl (C=O) groups is 3. The van der Waals surface area contributed by atoms with Crippen molar-refractivity contribution in [3.63, 3.8) is 0 Å². The van der Waals surface area contributed by atoms with Crippen LogP contribution in [0.15, 0.2) is 48.5 Å². The van der Waals surface area contributed by atoms with Crippen LogP contribution in [0.1, 0.15) is 50.0 Å². The minimum atomic E-state index is -1.12. The number of benzene rings is 2. The molecule has 9 heteroatoms. The number of aliphatic carboxylic acids is 1. The molecule has 8 nitrogen and oxygen atoms in total. The monoisotopic (exact) mass is 517 g/mol. The summed E-state index contributed by atoms with van der Waals surface area (Å²) < 4.78 is 5.80. The van der Waals surface area contributed by atoms with Gasteiger partial charge in [0.25, 0.3) is 5.91 Å². The van der Waals surface area contributed by atoms with Crippen molar-refractivity contribution >= 4 is 29.4 Å². The summed E-state index contributed by atoms with van der Waals surface area (Å²) in [6.07, 6.45) is 0.450. The summed E-state index contributed by atoms with van der Waals surface area (Å²) in [7, 11) is 0. The van der Waals surface area contributed by atoms with Crippen LogP contribution in [0.25, 0.3) is 0 Å². The molecule has 0 fully saturated rings. The molecule has 2 aromatic carbocycles. The molecule has 0 aliphatic carbocycles. The molecule has 196 valence electrons. The number of amides is 2. The van der Waals surface area contributed by atoms with Crippen LogP contribution in [0.5, 0.6) is 5.75 Å². The van der Waals surface area contributed by atoms with Crippen molar-refractivity contribution in [2.45, 2.75) is 58.7 Å². The number of carboxylic acids is 1. The predicted octanol–water partition coefficient (Wildman–Crippen LogP) is 3.67. The Balaban J connectivity index is 2.24. The fourth-order valence-corrected chi connectivity index (χ4v) is 3.75. The fourth-order valence-electron chi connectivity index (χ4n) is 3.57. The molecule has 0 saturated heterocycles. The highest BCUT2D eigenvalue weighted by atomic mass is 35.5. The summed E-state index contributed by atoms with van der Waals surface area (Å²) in [5.74, 6) is -1.85. The van der Waals surface area contributed by atoms with E-state index in [9.17, 15) is 19.5 Å². The van der Waals surface area contributed by atoms with Gasteiger partial charge in [0.1, 0.15) is 24.4 Å². The van der Waals surface area contributed by atoms with Crippen LogP contribution >= 0.6 is 11.6 Å². The van der Waals surface area contributed by atoms with E-state index >= 15 is 0 Å². The van der Waals surface area contributed by atoms with E-state index in [1.165, 1.54) is 6.07 Å². The Kier molecular flexibility index (Phi) is 11.7. The molecule has 2 atom stereocenters. The van der Waals surface area contributed by atoms with E-state index in [1.54, 1.807) is 12.1 Å². The summed E-state index contributed by atoms with van der Waals surface area (Å²) in [6, 6.07) is 12.1. The second-order valence-electron chi connectivity index (χ2n) is 9.34. The molecule has 0 spiro atoms. The molecule has 4 N–H and O–H groups in total. The molecular formula is C27H36ClN3O5. The second-order valence-corrected chi connectivity index (χ2v) is 9.78. The molecular weight excluding hydrogens is 482 g/mol. The van der Waals surface area contributed by atoms with Crippen LogP contribution in [-0.4, -0.2) is 54.2 Å². The Hall–Kier alpha value is -3.10. The van der Waals surface area contributed by atoms with Gasteiger partial charge in [-0.05, 0) is 36.1 Å². The molecule has 36 heavy (non-hydrogen) atoms. The lowest BCUT2D eigenvalue weighted by molar-refractivity contribution is -0.142. The van der Waals surface area contributed by atoms with Gasteiger partial charge < -0.3 is 25.8 Å². The lowest BCUT2D eigenvalue weighted by atomic mass is 10.0. The number of hydrogen-bond donors (Lipinski definition) is 4. The zero-order valence-corrected chi connectivity index (χ0v) is 22.0. The van der Waals surface area contributed by atoms with Crippen molar-refractivity contribution < 1.29 is 24.2 Å². The van der Waals surface area contributed by atoms with Gasteiger partial charge in [-0.3, -0.25) is 9.59 Å². The Morgan fingerprint density at radius 3 is 2.28 bits per heavy atom. The van der Waals surface area contributed by atoms with Crippen molar-refractivity contribution in [2.75, 3.05) is 13.2 Å². The van der Waals surface area contributed by atoms with E-state index in [1.807, 2.05) is 58.0 Å². The molecule has 0 aromatic heterocycles. The summed E-state index contributed by atoms with van der Waals surface area (Å²) >= 11 is 6.15. The maximum Gasteiger partial charge on any atom is 0.326 e. The number of ether oxygens (including phenoxy) is 1. The van der Waals surface area contributed by atoms with Crippen molar-refractivity contribution in [1.82, 2.24) is 16.0 Å². The van der Waals surface area contributed by atoms with Gasteiger partial charge in [-0.2, -0.15) is 0 Å². The van der Waals surface area contributed by atoms with Gasteiger partial charge in [0.2, 0.25) is 5.91 Å². The van der Waals surface area contributed by atoms with E-state index in [0.29, 0.717) is 30.0 Å². The molecule has 0 bridgehead atoms. The van der Waals surface area contributed by atoms with Gasteiger partial charge >= 0.3 is 5.97 Å². The number of rotatable bonds is 14. The first kappa shape index (κ1) is 29.1. The first-order valence-electron chi connectivity index (χ1n) is 12.1. The van der Waals surface area contributed by atoms with Crippen LogP contribution in [0, 0.1) is 5.92 Å². The maximum absolute atomic E-state index is 13.3. The molecule has 0 unspecified atom stereocenters. The van der Waals surface area contributed by atoms with E-state index in [2.05, 4.69) is 16.0 Å². The Morgan fingerprint density at radius 2 is 1.67 bits per heavy atom. The highest BCUT2D eigenvalue weighted by Crippen LogP contribution is 2.23. The summed E-state index contributed by atoms with van der Waals surface area (Å²) in [6.45, 7) is 8.73. The van der Waals surface area contributed by atoms with E-state index in [4.69, 9.17) is 16.3 Å². The second kappa shape index (κ2) is 14.5. The molecule has 0 heterocycles. The first-order chi connectivity index (χ1) is 17.1. The molecule has 2 aromatic rings. The van der Waals surface area contributed by atoms with Gasteiger partial charge in [-0.15, -0.1) is 0 Å². The standard InChI is InChI=1S/C27H36ClN3O5/c1-17(2)14-23(27(34)35)31-26(33)22(15-19-8-6-5-7-9-19)30-25(32)21-16-20(28)10-11-24(21)36-13-12-29-18(3)4/h5-11,16-18,22-23,29H,12-15H2,1-4H3,(H,30,32)(H,31,33)(H,34,35)/t22-,23-/m0/s1. The Morgan fingerprint density at radius 1 is 0.972 bits per heavy atom. The van der Waals surface area contributed by atoms with E-state index in [0.717, 1.165) is 5.56 Å². The topological polar surface area (TPSA) is 117 Å². The van der Waals surface area contributed by atoms with Gasteiger partial charge in [0.05, 0.1) is 5.56 Å². The molecule has 2 amide bonds. The fraction of sp³-hybridized carbons (Fsp3) is 0.444. The average Bonchev–Trinajstić information content (AvgIpc) is 2.81. The Labute approximate surface area is 217 Å². The van der Waals surface area contributed by atoms with Crippen molar-refractivity contribution in [3.05, 3.63) is 64.7 Å². The summed E-state index contributed by atoms with van der Waals surface area (Å²) in [5.41, 5.74) is 1.01. The van der Waals surface area contributed by atoms with E-state index < -0.39 is 29.9 Å². The molecule has 0 saturated carbocycles. The predicted molar refractivity (Wildman–Crippen MR) is 141 cm³/mol. The molecule has 0 radical (unpaired) electrons. The van der Waals surface area contributed by atoms with E-state index in [-0.39, 0.29) is 24.3 Å². The third-order valence-corrected chi connectivity index (χ3v) is 5.56. The zero-order valence-electron chi connectivity index (χ0n) is 21.2. The highest BCUT2D eigenvalue weighted by Gasteiger charge is 2.28. The summed E-state index contributed by atoms with van der Waals surface area (Å²) in [5, 5.41) is 18.5. The van der Waals surface area contributed by atoms with Crippen LogP contribution < -0.4 is 20.7 Å². The third-order valence-electron chi connectivity index (χ3n) is 5.32. The lowest BCUT2D eigenvalue weighted by Gasteiger charge is -2.23. The van der Waals surface area contributed by atoms with Crippen LogP contribution in [0.2, 0.25) is 5.02 Å². The SMILES string of the molecule is CC(C)C[C@H](NC(=O)[C@H](Cc1ccccc1)NC(=O)c1cc(Cl)ccc1OCCNC(C)C)C(=O)O. The van der Waals surface area contributed by atoms with Crippen molar-refractivity contribution in [3.8, 4) is 5.75 Å². The van der Waals surface area contributed by atoms with Crippen molar-refractivity contribution in [2.24, 2.45) is 5.92 Å². The summed E-state index contributed by atoms with van der Waals surface area (Å²) in [4.78, 5) is 38.2. The minimum absolute atomic E-state index is 0.0601. The van der Waals surface area contributed by atoms with Crippen LogP contribution in [0.3, 0.4) is 0 Å². The largest absolute Gasteiger partial charge is 0.491 e. The lowest BCUT2D eigenvalue weighted by Crippen LogP contribution is -2.52. The number of carboxylic acid groups (broad SMARTS) is 1. The molecule has 2 rings (SSSR count). The third kappa shape index (κ3) is 9.87. The first-order valence-corrected chi connectivity index (χ1v) is 12.5. The molecule has 0 aliphatic heterocycles.